The summed E-state index contributed by atoms with van der Waals surface area (Å²) in [7, 11) is 5.93. The van der Waals surface area contributed by atoms with Crippen LogP contribution in [0.1, 0.15) is 361 Å². The Hall–Kier alpha value is -2.49. The van der Waals surface area contributed by atoms with Gasteiger partial charge in [-0.1, -0.05) is 314 Å². The molecule has 0 aromatic carbocycles. The summed E-state index contributed by atoms with van der Waals surface area (Å²) in [5.74, 6) is -2.27. The van der Waals surface area contributed by atoms with Crippen molar-refractivity contribution < 1.29 is 42.9 Å². The molecule has 0 aliphatic heterocycles. The lowest BCUT2D eigenvalue weighted by Crippen LogP contribution is -2.44. The van der Waals surface area contributed by atoms with Gasteiger partial charge in [-0.15, -0.1) is 0 Å². The predicted molar refractivity (Wildman–Crippen MR) is 353 cm³/mol. The van der Waals surface area contributed by atoms with Crippen LogP contribution < -0.4 is 5.11 Å². The molecule has 2 unspecified atom stereocenters. The van der Waals surface area contributed by atoms with E-state index in [0.717, 1.165) is 51.4 Å². The number of unbranched alkanes of at least 4 members (excludes halogenated alkanes) is 47. The summed E-state index contributed by atoms with van der Waals surface area (Å²) in [6, 6.07) is 0. The Morgan fingerprint density at radius 1 is 0.361 bits per heavy atom. The number of ether oxygens (including phenoxy) is 4. The molecule has 0 aromatic rings. The molecule has 0 N–H and O–H groups in total. The Balaban J connectivity index is 3.89. The first-order chi connectivity index (χ1) is 40.6. The van der Waals surface area contributed by atoms with E-state index in [1.54, 1.807) is 0 Å². The van der Waals surface area contributed by atoms with E-state index in [9.17, 15) is 19.5 Å². The number of likely N-dealkylation sites (N-methyl/N-ethyl adjacent to an activating group) is 1. The number of allylic oxidation sites excluding steroid dienone is 6. The third-order valence-electron chi connectivity index (χ3n) is 16.4. The molecule has 0 saturated heterocycles. The van der Waals surface area contributed by atoms with Crippen molar-refractivity contribution in [3.8, 4) is 0 Å². The van der Waals surface area contributed by atoms with Gasteiger partial charge in [0.2, 0.25) is 0 Å². The fourth-order valence-corrected chi connectivity index (χ4v) is 10.8. The van der Waals surface area contributed by atoms with Crippen LogP contribution in [0.3, 0.4) is 0 Å². The molecular formula is C74H139NO8. The van der Waals surface area contributed by atoms with Crippen LogP contribution in [-0.4, -0.2) is 82.3 Å². The fourth-order valence-electron chi connectivity index (χ4n) is 10.8. The zero-order chi connectivity index (χ0) is 60.5. The maximum absolute atomic E-state index is 12.9. The lowest BCUT2D eigenvalue weighted by atomic mass is 10.0. The minimum Gasteiger partial charge on any atom is -0.545 e. The van der Waals surface area contributed by atoms with Gasteiger partial charge in [0.05, 0.1) is 40.3 Å². The number of carbonyl (C=O) groups is 3. The van der Waals surface area contributed by atoms with Crippen molar-refractivity contribution in [1.29, 1.82) is 0 Å². The van der Waals surface area contributed by atoms with Crippen LogP contribution in [0.2, 0.25) is 0 Å². The Bertz CT molecular complexity index is 1450. The smallest absolute Gasteiger partial charge is 0.306 e. The van der Waals surface area contributed by atoms with Gasteiger partial charge in [-0.05, 0) is 70.6 Å². The van der Waals surface area contributed by atoms with Gasteiger partial charge in [0.15, 0.2) is 12.4 Å². The van der Waals surface area contributed by atoms with Gasteiger partial charge in [-0.25, -0.2) is 0 Å². The summed E-state index contributed by atoms with van der Waals surface area (Å²) in [4.78, 5) is 37.4. The van der Waals surface area contributed by atoms with E-state index < -0.39 is 24.3 Å². The third-order valence-corrected chi connectivity index (χ3v) is 16.4. The molecule has 0 heterocycles. The molecule has 0 spiro atoms. The standard InChI is InChI=1S/C74H139NO8/c1-6-8-10-12-14-16-18-20-22-24-25-26-27-28-29-30-31-32-33-34-35-36-37-38-39-40-41-42-43-44-45-46-47-49-50-52-54-56-58-60-62-64-71(76)81-68-70(69-82-74(73(78)79)80-67-66-75(3,4)5)83-72(77)65-63-61-59-57-55-53-51-48-23-21-19-17-15-13-11-9-7-2/h15,17,21,23-25,70,74H,6-14,16,18-20,22,26-69H2,1-5H3/b17-15-,23-21-,25-24-. The fraction of sp³-hybridized carbons (Fsp3) is 0.878. The van der Waals surface area contributed by atoms with E-state index >= 15 is 0 Å². The van der Waals surface area contributed by atoms with Gasteiger partial charge >= 0.3 is 11.9 Å². The number of aliphatic carboxylic acids is 1. The van der Waals surface area contributed by atoms with Crippen LogP contribution >= 0.6 is 0 Å². The molecule has 0 amide bonds. The first kappa shape index (κ1) is 80.5. The number of hydrogen-bond donors (Lipinski definition) is 0. The quantitative estimate of drug-likeness (QED) is 0.0195. The number of carbonyl (C=O) groups excluding carboxylic acids is 3. The van der Waals surface area contributed by atoms with E-state index in [1.807, 2.05) is 21.1 Å². The van der Waals surface area contributed by atoms with Crippen molar-refractivity contribution in [1.82, 2.24) is 0 Å². The zero-order valence-corrected chi connectivity index (χ0v) is 55.8. The van der Waals surface area contributed by atoms with Crippen LogP contribution in [-0.2, 0) is 33.3 Å². The second-order valence-electron chi connectivity index (χ2n) is 25.9. The summed E-state index contributed by atoms with van der Waals surface area (Å²) in [5.41, 5.74) is 0. The highest BCUT2D eigenvalue weighted by atomic mass is 16.7. The van der Waals surface area contributed by atoms with Gasteiger partial charge in [0.25, 0.3) is 0 Å². The molecular weight excluding hydrogens is 1030 g/mol. The van der Waals surface area contributed by atoms with Crippen molar-refractivity contribution in [3.05, 3.63) is 36.5 Å². The topological polar surface area (TPSA) is 111 Å². The van der Waals surface area contributed by atoms with Gasteiger partial charge in [0.1, 0.15) is 13.2 Å². The molecule has 0 radical (unpaired) electrons. The molecule has 0 aliphatic rings. The highest BCUT2D eigenvalue weighted by Crippen LogP contribution is 2.19. The summed E-state index contributed by atoms with van der Waals surface area (Å²) >= 11 is 0. The molecule has 9 heteroatoms. The number of hydrogen-bond acceptors (Lipinski definition) is 8. The molecule has 9 nitrogen and oxygen atoms in total. The summed E-state index contributed by atoms with van der Waals surface area (Å²) < 4.78 is 22.8. The molecule has 0 fully saturated rings. The first-order valence-electron chi connectivity index (χ1n) is 36.1. The van der Waals surface area contributed by atoms with E-state index in [2.05, 4.69) is 50.3 Å². The van der Waals surface area contributed by atoms with Crippen LogP contribution in [0.5, 0.6) is 0 Å². The number of quaternary nitrogens is 1. The van der Waals surface area contributed by atoms with Crippen molar-refractivity contribution in [3.63, 3.8) is 0 Å². The third kappa shape index (κ3) is 66.9. The minimum atomic E-state index is -1.62. The normalized spacial score (nSPS) is 12.8. The monoisotopic (exact) mass is 1170 g/mol. The SMILES string of the molecule is CCCCC/C=C\C/C=C\CCCCCCCCCC(=O)OC(COC(=O)CCCCCCCCCCCCCCCCCCCCCCCCCCCCCCC/C=C\CCCCCCCCCC)COC(OCC[N+](C)(C)C)C(=O)[O-]. The van der Waals surface area contributed by atoms with Gasteiger partial charge in [-0.3, -0.25) is 9.59 Å². The van der Waals surface area contributed by atoms with E-state index in [0.29, 0.717) is 23.9 Å². The van der Waals surface area contributed by atoms with Gasteiger partial charge < -0.3 is 33.3 Å². The van der Waals surface area contributed by atoms with E-state index in [1.165, 1.54) is 276 Å². The van der Waals surface area contributed by atoms with Crippen molar-refractivity contribution >= 4 is 17.9 Å². The van der Waals surface area contributed by atoms with Crippen LogP contribution in [0.25, 0.3) is 0 Å². The van der Waals surface area contributed by atoms with Crippen molar-refractivity contribution in [2.75, 3.05) is 47.5 Å². The highest BCUT2D eigenvalue weighted by molar-refractivity contribution is 5.70. The van der Waals surface area contributed by atoms with Crippen LogP contribution in [0.4, 0.5) is 0 Å². The Morgan fingerprint density at radius 3 is 0.988 bits per heavy atom. The van der Waals surface area contributed by atoms with Crippen molar-refractivity contribution in [2.24, 2.45) is 0 Å². The molecule has 488 valence electrons. The summed E-state index contributed by atoms with van der Waals surface area (Å²) in [6.45, 7) is 4.76. The molecule has 2 atom stereocenters. The average Bonchev–Trinajstić information content (AvgIpc) is 3.46. The Kier molecular flexibility index (Phi) is 63.5. The lowest BCUT2D eigenvalue weighted by Gasteiger charge is -2.26. The largest absolute Gasteiger partial charge is 0.545 e. The van der Waals surface area contributed by atoms with E-state index in [4.69, 9.17) is 18.9 Å². The maximum Gasteiger partial charge on any atom is 0.306 e. The molecule has 0 bridgehead atoms. The van der Waals surface area contributed by atoms with Gasteiger partial charge in [-0.2, -0.15) is 0 Å². The average molecular weight is 1170 g/mol. The number of nitrogens with zero attached hydrogens (tertiary/aromatic N) is 1. The van der Waals surface area contributed by atoms with Crippen molar-refractivity contribution in [2.45, 2.75) is 373 Å². The first-order valence-corrected chi connectivity index (χ1v) is 36.1. The van der Waals surface area contributed by atoms with E-state index in [-0.39, 0.29) is 32.2 Å². The maximum atomic E-state index is 12.9. The lowest BCUT2D eigenvalue weighted by molar-refractivity contribution is -0.870. The van der Waals surface area contributed by atoms with Crippen LogP contribution in [0.15, 0.2) is 36.5 Å². The number of carboxylic acids is 1. The zero-order valence-electron chi connectivity index (χ0n) is 55.8. The second-order valence-corrected chi connectivity index (χ2v) is 25.9. The molecule has 83 heavy (non-hydrogen) atoms. The number of esters is 2. The Labute approximate surface area is 515 Å². The summed E-state index contributed by atoms with van der Waals surface area (Å²) in [5, 5.41) is 11.8. The number of carboxylic acid groups (broad SMARTS) is 1. The molecule has 0 saturated carbocycles. The second kappa shape index (κ2) is 65.5. The Morgan fingerprint density at radius 2 is 0.651 bits per heavy atom. The molecule has 0 aliphatic carbocycles. The number of rotatable bonds is 68. The predicted octanol–water partition coefficient (Wildman–Crippen LogP) is 21.0. The van der Waals surface area contributed by atoms with Crippen LogP contribution in [0, 0.1) is 0 Å². The highest BCUT2D eigenvalue weighted by Gasteiger charge is 2.22. The minimum absolute atomic E-state index is 0.148. The van der Waals surface area contributed by atoms with Gasteiger partial charge in [0, 0.05) is 12.8 Å². The molecule has 0 aromatic heterocycles. The summed E-state index contributed by atoms with van der Waals surface area (Å²) in [6.07, 6.45) is 79.8. The molecule has 0 rings (SSSR count).